The van der Waals surface area contributed by atoms with Gasteiger partial charge < -0.3 is 43.4 Å². The molecule has 4 saturated heterocycles. The lowest BCUT2D eigenvalue weighted by molar-refractivity contribution is -0.328. The minimum absolute atomic E-state index is 0.0478. The lowest BCUT2D eigenvalue weighted by atomic mass is 9.72. The molecule has 7 amide bonds. The molecule has 1 aromatic rings. The highest BCUT2D eigenvalue weighted by molar-refractivity contribution is 8.02. The van der Waals surface area contributed by atoms with Gasteiger partial charge in [0.15, 0.2) is 5.72 Å². The predicted octanol–water partition coefficient (Wildman–Crippen LogP) is 3.33. The number of carbonyl (C=O) groups is 9. The second-order valence-corrected chi connectivity index (χ2v) is 25.0. The number of hydrogen-bond acceptors (Lipinski definition) is 19. The summed E-state index contributed by atoms with van der Waals surface area (Å²) in [7, 11) is 0.622. The van der Waals surface area contributed by atoms with Crippen molar-refractivity contribution in [2.24, 2.45) is 0 Å². The lowest BCUT2D eigenvalue weighted by Crippen LogP contribution is -2.72. The highest BCUT2D eigenvalue weighted by Gasteiger charge is 2.63. The van der Waals surface area contributed by atoms with Crippen LogP contribution in [-0.4, -0.2) is 178 Å². The van der Waals surface area contributed by atoms with E-state index >= 15 is 0 Å². The smallest absolute Gasteiger partial charge is 0.409 e. The lowest BCUT2D eigenvalue weighted by Gasteiger charge is -2.59. The summed E-state index contributed by atoms with van der Waals surface area (Å²) in [5.41, 5.74) is -2.74. The van der Waals surface area contributed by atoms with Crippen molar-refractivity contribution >= 4 is 92.6 Å². The number of methoxy groups -OCH3 is 2. The first-order valence-electron chi connectivity index (χ1n) is 24.7. The number of likely N-dealkylation sites (tertiary alicyclic amines) is 1. The molecule has 24 nitrogen and oxygen atoms in total. The minimum atomic E-state index is -5.08. The van der Waals surface area contributed by atoms with Crippen LogP contribution in [0.1, 0.15) is 105 Å². The zero-order valence-corrected chi connectivity index (χ0v) is 46.8. The van der Waals surface area contributed by atoms with Gasteiger partial charge in [-0.3, -0.25) is 43.5 Å². The van der Waals surface area contributed by atoms with Gasteiger partial charge in [-0.2, -0.15) is 8.42 Å². The average molecular weight is 1140 g/mol. The second kappa shape index (κ2) is 23.4. The van der Waals surface area contributed by atoms with Gasteiger partial charge in [0.2, 0.25) is 23.6 Å². The Morgan fingerprint density at radius 3 is 2.29 bits per heavy atom. The molecule has 6 aliphatic rings. The maximum absolute atomic E-state index is 14.4. The van der Waals surface area contributed by atoms with Gasteiger partial charge in [-0.15, -0.1) is 16.8 Å². The molecule has 6 heterocycles. The van der Waals surface area contributed by atoms with E-state index < -0.39 is 140 Å². The summed E-state index contributed by atoms with van der Waals surface area (Å²) in [5.74, 6) is -6.34. The summed E-state index contributed by atoms with van der Waals surface area (Å²) in [6, 6.07) is 2.23. The third-order valence-corrected chi connectivity index (χ3v) is 17.5. The van der Waals surface area contributed by atoms with E-state index in [0.717, 1.165) is 27.8 Å². The van der Waals surface area contributed by atoms with E-state index in [1.165, 1.54) is 40.1 Å². The zero-order chi connectivity index (χ0) is 57.3. The van der Waals surface area contributed by atoms with Gasteiger partial charge in [0.05, 0.1) is 30.9 Å². The number of thioether (sulfide) groups is 1. The molecule has 3 N–H and O–H groups in total. The van der Waals surface area contributed by atoms with Crippen LogP contribution in [0.25, 0.3) is 0 Å². The number of esters is 1. The summed E-state index contributed by atoms with van der Waals surface area (Å²) in [4.78, 5) is 126. The Balaban J connectivity index is 1.15. The number of imide groups is 2. The maximum atomic E-state index is 14.4. The molecule has 1 aromatic carbocycles. The number of allylic oxidation sites excluding steroid dienone is 3. The minimum Gasteiger partial charge on any atom is -0.495 e. The van der Waals surface area contributed by atoms with E-state index in [1.807, 2.05) is 13.0 Å². The number of hydroxylamine groups is 2. The van der Waals surface area contributed by atoms with Gasteiger partial charge in [0.25, 0.3) is 21.9 Å². The number of nitrogens with one attached hydrogen (secondary N) is 1. The third-order valence-electron chi connectivity index (χ3n) is 14.4. The number of amides is 7. The van der Waals surface area contributed by atoms with Crippen molar-refractivity contribution in [3.05, 3.63) is 46.5 Å². The number of fused-ring (bicyclic) bond motifs is 6. The van der Waals surface area contributed by atoms with Crippen LogP contribution in [0.4, 0.5) is 10.5 Å². The van der Waals surface area contributed by atoms with E-state index in [1.54, 1.807) is 52.0 Å². The first kappa shape index (κ1) is 60.6. The fraction of sp³-hybridized carbons (Fsp3) is 0.620. The average Bonchev–Trinajstić information content (AvgIpc) is 3.79. The summed E-state index contributed by atoms with van der Waals surface area (Å²) in [5, 5.41) is 11.6. The van der Waals surface area contributed by atoms with Gasteiger partial charge in [-0.05, 0) is 58.2 Å². The molecule has 77 heavy (non-hydrogen) atoms. The number of halogens is 1. The normalized spacial score (nSPS) is 29.2. The van der Waals surface area contributed by atoms with Crippen LogP contribution < -0.4 is 15.0 Å². The number of ether oxygens (including phenoxy) is 5. The number of nitrogens with zero attached hydrogens (tertiary/aromatic N) is 4. The van der Waals surface area contributed by atoms with E-state index in [9.17, 15) is 61.2 Å². The van der Waals surface area contributed by atoms with Gasteiger partial charge in [0.1, 0.15) is 51.6 Å². The number of benzene rings is 1. The highest BCUT2D eigenvalue weighted by Crippen LogP contribution is 2.51. The molecule has 0 saturated carbocycles. The Bertz CT molecular complexity index is 2730. The van der Waals surface area contributed by atoms with Crippen LogP contribution in [0.5, 0.6) is 5.75 Å². The van der Waals surface area contributed by atoms with Crippen LogP contribution in [0.2, 0.25) is 5.02 Å². The molecule has 4 fully saturated rings. The van der Waals surface area contributed by atoms with Gasteiger partial charge in [-0.1, -0.05) is 49.2 Å². The number of aliphatic hydroxyl groups is 1. The third kappa shape index (κ3) is 13.8. The van der Waals surface area contributed by atoms with Crippen LogP contribution in [0.15, 0.2) is 35.9 Å². The number of hydrogen-bond donors (Lipinski definition) is 3. The highest BCUT2D eigenvalue weighted by atomic mass is 35.5. The van der Waals surface area contributed by atoms with Gasteiger partial charge in [-0.25, -0.2) is 14.4 Å². The van der Waals surface area contributed by atoms with E-state index in [0.29, 0.717) is 22.8 Å². The standard InChI is InChI=1S/C50H66ClN5O19S2/c1-27-12-11-13-34(71-10)50(66)24-36(73-46(65)52-50)49(6)26-48(5,75-49)35(23-40(60)54(8)31-19-29(18-27)20-32(70-9)43(31)51)72-45(64)28(2)53(7)37(57)16-17-47(3,4)76-33-22-41(61)55(44(33)63)25-30(77(67,68)69)21-42(62)74-56-38(58)14-15-39(56)59/h11-13,19-20,28,30,33-36,66H,14-18,21-26H2,1-10H3,(H,52,65)(H,67,68,69)/b13-11+,27-12+. The molecule has 0 radical (unpaired) electrons. The SMILES string of the molecule is COc1cc2cc(c1Cl)N(C)C(=O)CC(OC(=O)C(C)N(C)C(=O)CCC(C)(C)SC1CC(=O)N(CC(CC(=O)ON3C(=O)CCC3=O)S(=O)(=O)O)C1=O)C1(C)CC(C)(O1)C1CC(O)(NC(=O)O1)C(OC)/C=C/C=C(\C)C2. The molecule has 424 valence electrons. The molecule has 0 aliphatic carbocycles. The van der Waals surface area contributed by atoms with Crippen molar-refractivity contribution < 1.29 is 89.7 Å². The van der Waals surface area contributed by atoms with Crippen molar-refractivity contribution in [2.45, 2.75) is 162 Å². The Morgan fingerprint density at radius 1 is 1.03 bits per heavy atom. The molecule has 0 aromatic heterocycles. The Labute approximate surface area is 455 Å². The van der Waals surface area contributed by atoms with Gasteiger partial charge in [0, 0.05) is 71.0 Å². The van der Waals surface area contributed by atoms with Crippen molar-refractivity contribution in [3.63, 3.8) is 0 Å². The predicted molar refractivity (Wildman–Crippen MR) is 274 cm³/mol. The van der Waals surface area contributed by atoms with E-state index in [4.69, 9.17) is 40.1 Å². The fourth-order valence-electron chi connectivity index (χ4n) is 9.93. The summed E-state index contributed by atoms with van der Waals surface area (Å²) in [6.45, 7) is 9.07. The molecule has 9 atom stereocenters. The van der Waals surface area contributed by atoms with Crippen molar-refractivity contribution in [1.82, 2.24) is 20.2 Å². The number of alkyl carbamates (subject to hydrolysis) is 1. The van der Waals surface area contributed by atoms with E-state index in [-0.39, 0.29) is 55.0 Å². The number of anilines is 1. The first-order chi connectivity index (χ1) is 35.7. The first-order valence-corrected chi connectivity index (χ1v) is 27.4. The second-order valence-electron chi connectivity index (χ2n) is 21.0. The molecule has 6 aliphatic heterocycles. The van der Waals surface area contributed by atoms with Crippen LogP contribution >= 0.6 is 23.4 Å². The van der Waals surface area contributed by atoms with Crippen LogP contribution in [0, 0.1) is 0 Å². The monoisotopic (exact) mass is 1140 g/mol. The largest absolute Gasteiger partial charge is 0.495 e. The summed E-state index contributed by atoms with van der Waals surface area (Å²) < 4.78 is 63.2. The Morgan fingerprint density at radius 2 is 1.68 bits per heavy atom. The number of rotatable bonds is 16. The van der Waals surface area contributed by atoms with Crippen molar-refractivity contribution in [3.8, 4) is 5.75 Å². The summed E-state index contributed by atoms with van der Waals surface area (Å²) in [6.07, 6.45) is -1.47. The molecule has 27 heteroatoms. The molecule has 7 rings (SSSR count). The molecule has 0 spiro atoms. The fourth-order valence-corrected chi connectivity index (χ4v) is 12.4. The zero-order valence-electron chi connectivity index (χ0n) is 44.4. The van der Waals surface area contributed by atoms with Gasteiger partial charge >= 0.3 is 18.0 Å². The topological polar surface area (TPSA) is 309 Å². The molecular weight excluding hydrogens is 1070 g/mol. The number of carbonyl (C=O) groups excluding carboxylic acids is 9. The summed E-state index contributed by atoms with van der Waals surface area (Å²) >= 11 is 7.84. The molecular formula is C50H66ClN5O19S2. The Kier molecular flexibility index (Phi) is 18.4. The molecule has 9 unspecified atom stereocenters. The quantitative estimate of drug-likeness (QED) is 0.121. The Hall–Kier alpha value is -5.64. The van der Waals surface area contributed by atoms with Crippen LogP contribution in [-0.2, 0) is 78.7 Å². The maximum Gasteiger partial charge on any atom is 0.409 e. The molecule has 6 bridgehead atoms. The van der Waals surface area contributed by atoms with Crippen molar-refractivity contribution in [1.29, 1.82) is 0 Å². The number of likely N-dealkylation sites (N-methyl/N-ethyl adjacent to an activating group) is 1. The van der Waals surface area contributed by atoms with E-state index in [2.05, 4.69) is 5.32 Å². The van der Waals surface area contributed by atoms with Crippen LogP contribution in [0.3, 0.4) is 0 Å². The van der Waals surface area contributed by atoms with Crippen molar-refractivity contribution in [2.75, 3.05) is 39.8 Å².